The molecular formula is C17H28N2O4S. The summed E-state index contributed by atoms with van der Waals surface area (Å²) in [6, 6.07) is 1.74. The van der Waals surface area contributed by atoms with Crippen molar-refractivity contribution in [1.82, 2.24) is 5.16 Å². The first-order valence-corrected chi connectivity index (χ1v) is 9.67. The fourth-order valence-corrected chi connectivity index (χ4v) is 4.18. The van der Waals surface area contributed by atoms with Crippen molar-refractivity contribution < 1.29 is 18.3 Å². The van der Waals surface area contributed by atoms with Gasteiger partial charge in [0.1, 0.15) is 4.75 Å². The van der Waals surface area contributed by atoms with Gasteiger partial charge in [0.25, 0.3) is 0 Å². The predicted octanol–water partition coefficient (Wildman–Crippen LogP) is 3.01. The molecule has 0 spiro atoms. The molecule has 136 valence electrons. The number of nitrogens with zero attached hydrogens (tertiary/aromatic N) is 1. The quantitative estimate of drug-likeness (QED) is 0.847. The lowest BCUT2D eigenvalue weighted by molar-refractivity contribution is -0.117. The van der Waals surface area contributed by atoms with Gasteiger partial charge in [-0.25, -0.2) is 0 Å². The van der Waals surface area contributed by atoms with Gasteiger partial charge in [0.2, 0.25) is 11.8 Å². The van der Waals surface area contributed by atoms with Crippen molar-refractivity contribution in [1.29, 1.82) is 0 Å². The Hall–Kier alpha value is -1.21. The maximum Gasteiger partial charge on any atom is 0.245 e. The largest absolute Gasteiger partial charge is 0.381 e. The lowest BCUT2D eigenvalue weighted by Gasteiger charge is -2.29. The molecule has 1 atom stereocenters. The topological polar surface area (TPSA) is 81.4 Å². The molecule has 1 N–H and O–H groups in total. The zero-order valence-electron chi connectivity index (χ0n) is 15.2. The first kappa shape index (κ1) is 19.1. The van der Waals surface area contributed by atoms with Gasteiger partial charge in [-0.05, 0) is 33.1 Å². The molecule has 2 heterocycles. The van der Waals surface area contributed by atoms with Gasteiger partial charge in [-0.2, -0.15) is 0 Å². The third kappa shape index (κ3) is 4.06. The van der Waals surface area contributed by atoms with Crippen LogP contribution in [0.25, 0.3) is 0 Å². The summed E-state index contributed by atoms with van der Waals surface area (Å²) in [5, 5.41) is 6.76. The van der Waals surface area contributed by atoms with E-state index in [1.807, 2.05) is 0 Å². The minimum atomic E-state index is -1.29. The molecule has 2 rings (SSSR count). The van der Waals surface area contributed by atoms with Crippen LogP contribution in [0.15, 0.2) is 10.6 Å². The van der Waals surface area contributed by atoms with E-state index >= 15 is 0 Å². The summed E-state index contributed by atoms with van der Waals surface area (Å²) in [5.41, 5.74) is 0.677. The van der Waals surface area contributed by atoms with E-state index < -0.39 is 15.5 Å². The molecule has 1 aromatic heterocycles. The zero-order chi connectivity index (χ0) is 18.0. The fraction of sp³-hybridized carbons (Fsp3) is 0.765. The summed E-state index contributed by atoms with van der Waals surface area (Å²) in [6.45, 7) is 10.8. The average molecular weight is 356 g/mol. The Bertz CT molecular complexity index is 603. The Morgan fingerprint density at radius 1 is 1.33 bits per heavy atom. The van der Waals surface area contributed by atoms with Gasteiger partial charge in [0.15, 0.2) is 0 Å². The van der Waals surface area contributed by atoms with Crippen molar-refractivity contribution >= 4 is 22.6 Å². The number of hydrogen-bond donors (Lipinski definition) is 1. The maximum atomic E-state index is 12.8. The Balaban J connectivity index is 2.06. The van der Waals surface area contributed by atoms with E-state index in [9.17, 15) is 9.00 Å². The van der Waals surface area contributed by atoms with Crippen molar-refractivity contribution in [2.24, 2.45) is 0 Å². The van der Waals surface area contributed by atoms with Crippen molar-refractivity contribution in [2.75, 3.05) is 18.5 Å². The second-order valence-electron chi connectivity index (χ2n) is 7.39. The Kier molecular flexibility index (Phi) is 5.86. The fourth-order valence-electron chi connectivity index (χ4n) is 2.49. The Morgan fingerprint density at radius 3 is 2.54 bits per heavy atom. The summed E-state index contributed by atoms with van der Waals surface area (Å²) in [7, 11) is -1.29. The summed E-state index contributed by atoms with van der Waals surface area (Å²) >= 11 is 0. The van der Waals surface area contributed by atoms with Crippen LogP contribution < -0.4 is 5.32 Å². The van der Waals surface area contributed by atoms with Crippen molar-refractivity contribution in [3.8, 4) is 0 Å². The molecule has 0 radical (unpaired) electrons. The first-order chi connectivity index (χ1) is 11.2. The Morgan fingerprint density at radius 2 is 1.96 bits per heavy atom. The summed E-state index contributed by atoms with van der Waals surface area (Å²) < 4.78 is 22.4. The van der Waals surface area contributed by atoms with E-state index in [2.05, 4.69) is 31.2 Å². The average Bonchev–Trinajstić information content (AvgIpc) is 3.04. The summed E-state index contributed by atoms with van der Waals surface area (Å²) in [6.07, 6.45) is 2.35. The molecule has 0 aliphatic carbocycles. The number of ether oxygens (including phenoxy) is 1. The predicted molar refractivity (Wildman–Crippen MR) is 94.5 cm³/mol. The standard InChI is InChI=1S/C17H28N2O4S/c1-6-16(2,3)13-11-14(23-19-13)18-15(20)17(4,5)24(21)12-7-9-22-10-8-12/h11-12H,6-10H2,1-5H3,(H,18,20). The third-order valence-electron chi connectivity index (χ3n) is 4.85. The van der Waals surface area contributed by atoms with Crippen LogP contribution in [0, 0.1) is 0 Å². The molecule has 1 saturated heterocycles. The molecule has 1 unspecified atom stereocenters. The van der Waals surface area contributed by atoms with Gasteiger partial charge in [0.05, 0.1) is 5.69 Å². The first-order valence-electron chi connectivity index (χ1n) is 8.45. The molecular weight excluding hydrogens is 328 g/mol. The number of carbonyl (C=O) groups excluding carboxylic acids is 1. The number of amides is 1. The summed E-state index contributed by atoms with van der Waals surface area (Å²) in [4.78, 5) is 12.6. The van der Waals surface area contributed by atoms with Gasteiger partial charge >= 0.3 is 0 Å². The van der Waals surface area contributed by atoms with Crippen LogP contribution in [0.3, 0.4) is 0 Å². The van der Waals surface area contributed by atoms with Gasteiger partial charge < -0.3 is 9.26 Å². The van der Waals surface area contributed by atoms with E-state index in [1.54, 1.807) is 19.9 Å². The second-order valence-corrected chi connectivity index (χ2v) is 9.67. The van der Waals surface area contributed by atoms with Crippen LogP contribution in [0.5, 0.6) is 0 Å². The van der Waals surface area contributed by atoms with Crippen molar-refractivity contribution in [3.63, 3.8) is 0 Å². The highest BCUT2D eigenvalue weighted by Crippen LogP contribution is 2.29. The highest BCUT2D eigenvalue weighted by Gasteiger charge is 2.40. The highest BCUT2D eigenvalue weighted by molar-refractivity contribution is 7.87. The van der Waals surface area contributed by atoms with Crippen molar-refractivity contribution in [2.45, 2.75) is 69.3 Å². The van der Waals surface area contributed by atoms with Crippen molar-refractivity contribution in [3.05, 3.63) is 11.8 Å². The van der Waals surface area contributed by atoms with E-state index in [0.717, 1.165) is 25.0 Å². The highest BCUT2D eigenvalue weighted by atomic mass is 32.2. The minimum Gasteiger partial charge on any atom is -0.381 e. The monoisotopic (exact) mass is 356 g/mol. The van der Waals surface area contributed by atoms with Crippen LogP contribution in [-0.2, 0) is 25.7 Å². The number of carbonyl (C=O) groups is 1. The number of rotatable bonds is 6. The molecule has 1 amide bonds. The lowest BCUT2D eigenvalue weighted by atomic mass is 9.87. The zero-order valence-corrected chi connectivity index (χ0v) is 16.0. The molecule has 0 aromatic carbocycles. The smallest absolute Gasteiger partial charge is 0.245 e. The molecule has 0 bridgehead atoms. The number of hydrogen-bond acceptors (Lipinski definition) is 5. The van der Waals surface area contributed by atoms with Crippen LogP contribution in [-0.4, -0.2) is 38.5 Å². The van der Waals surface area contributed by atoms with E-state index in [1.165, 1.54) is 0 Å². The minimum absolute atomic E-state index is 0.0104. The van der Waals surface area contributed by atoms with Crippen LogP contribution in [0.2, 0.25) is 0 Å². The molecule has 6 nitrogen and oxygen atoms in total. The Labute approximate surface area is 146 Å². The number of anilines is 1. The third-order valence-corrected chi connectivity index (χ3v) is 7.11. The van der Waals surface area contributed by atoms with E-state index in [4.69, 9.17) is 9.26 Å². The number of aromatic nitrogens is 1. The van der Waals surface area contributed by atoms with Gasteiger partial charge in [-0.1, -0.05) is 25.9 Å². The molecule has 24 heavy (non-hydrogen) atoms. The molecule has 1 aliphatic rings. The molecule has 1 aromatic rings. The number of nitrogens with one attached hydrogen (secondary N) is 1. The van der Waals surface area contributed by atoms with Crippen LogP contribution in [0.4, 0.5) is 5.88 Å². The normalized spacial score (nSPS) is 18.4. The van der Waals surface area contributed by atoms with E-state index in [-0.39, 0.29) is 16.6 Å². The van der Waals surface area contributed by atoms with E-state index in [0.29, 0.717) is 19.1 Å². The lowest BCUT2D eigenvalue weighted by Crippen LogP contribution is -2.46. The SMILES string of the molecule is CCC(C)(C)c1cc(NC(=O)C(C)(C)S(=O)C2CCOCC2)on1. The van der Waals surface area contributed by atoms with Gasteiger partial charge in [-0.15, -0.1) is 0 Å². The van der Waals surface area contributed by atoms with Crippen LogP contribution in [0.1, 0.15) is 59.6 Å². The van der Waals surface area contributed by atoms with Crippen LogP contribution >= 0.6 is 0 Å². The second kappa shape index (κ2) is 7.35. The van der Waals surface area contributed by atoms with Gasteiger partial charge in [0, 0.05) is 40.7 Å². The molecule has 1 aliphatic heterocycles. The molecule has 0 saturated carbocycles. The summed E-state index contributed by atoms with van der Waals surface area (Å²) in [5.74, 6) is -0.0158. The van der Waals surface area contributed by atoms with Gasteiger partial charge in [-0.3, -0.25) is 14.3 Å². The maximum absolute atomic E-state index is 12.8. The molecule has 7 heteroatoms. The molecule has 1 fully saturated rings.